The van der Waals surface area contributed by atoms with Crippen molar-refractivity contribution >= 4 is 34.3 Å². The Morgan fingerprint density at radius 3 is 2.45 bits per heavy atom. The van der Waals surface area contributed by atoms with Crippen molar-refractivity contribution in [2.45, 2.75) is 12.5 Å². The molecule has 0 spiro atoms. The van der Waals surface area contributed by atoms with E-state index in [2.05, 4.69) is 15.3 Å². The van der Waals surface area contributed by atoms with Crippen LogP contribution in [0, 0.1) is 5.82 Å². The lowest BCUT2D eigenvalue weighted by Gasteiger charge is -2.27. The van der Waals surface area contributed by atoms with E-state index in [0.29, 0.717) is 42.5 Å². The Bertz CT molecular complexity index is 1080. The highest BCUT2D eigenvalue weighted by atomic mass is 35.5. The van der Waals surface area contributed by atoms with Crippen molar-refractivity contribution in [1.82, 2.24) is 20.2 Å². The van der Waals surface area contributed by atoms with Crippen molar-refractivity contribution in [3.63, 3.8) is 0 Å². The Morgan fingerprint density at radius 1 is 1.15 bits per heavy atom. The highest BCUT2D eigenvalue weighted by Gasteiger charge is 2.27. The molecule has 2 amide bonds. The van der Waals surface area contributed by atoms with Crippen molar-refractivity contribution in [3.8, 4) is 0 Å². The number of rotatable bonds is 11. The highest BCUT2D eigenvalue weighted by molar-refractivity contribution is 6.30. The summed E-state index contributed by atoms with van der Waals surface area (Å²) in [4.78, 5) is 35.0. The fourth-order valence-electron chi connectivity index (χ4n) is 3.37. The third kappa shape index (κ3) is 6.74. The average molecular weight is 477 g/mol. The third-order valence-corrected chi connectivity index (χ3v) is 5.32. The number of halogens is 2. The van der Waals surface area contributed by atoms with Crippen LogP contribution in [0.2, 0.25) is 5.15 Å². The Labute approximate surface area is 196 Å². The predicted octanol–water partition coefficient (Wildman–Crippen LogP) is 2.82. The van der Waals surface area contributed by atoms with E-state index >= 15 is 0 Å². The number of aromatic nitrogens is 2. The molecule has 3 rings (SSSR count). The van der Waals surface area contributed by atoms with Crippen LogP contribution in [-0.2, 0) is 20.7 Å². The molecular weight excluding hydrogens is 451 g/mol. The number of ether oxygens (including phenoxy) is 2. The summed E-state index contributed by atoms with van der Waals surface area (Å²) in [5.41, 5.74) is 1.63. The summed E-state index contributed by atoms with van der Waals surface area (Å²) in [5.74, 6) is -1.12. The van der Waals surface area contributed by atoms with Crippen LogP contribution in [-0.4, -0.2) is 73.2 Å². The number of nitrogens with zero attached hydrogens (tertiary/aromatic N) is 2. The molecule has 0 unspecified atom stereocenters. The number of amides is 2. The van der Waals surface area contributed by atoms with Crippen LogP contribution >= 0.6 is 11.6 Å². The van der Waals surface area contributed by atoms with Gasteiger partial charge in [0.1, 0.15) is 22.7 Å². The second-order valence-electron chi connectivity index (χ2n) is 7.44. The number of H-pyrrole nitrogens is 1. The topological polar surface area (TPSA) is 96.6 Å². The monoisotopic (exact) mass is 476 g/mol. The van der Waals surface area contributed by atoms with Crippen LogP contribution in [0.3, 0.4) is 0 Å². The minimum atomic E-state index is -0.884. The lowest BCUT2D eigenvalue weighted by Crippen LogP contribution is -2.51. The standard InChI is InChI=1S/C23H26ClFN4O4/c1-32-9-7-29(8-10-33-2)23(31)19(11-15-3-5-17(25)6-4-15)28-22(30)18-12-16-13-21(24)26-14-20(16)27-18/h3-6,12-14,19,27H,7-11H2,1-2H3,(H,28,30)/t19-/m0/s1. The van der Waals surface area contributed by atoms with Crippen molar-refractivity contribution in [2.24, 2.45) is 0 Å². The van der Waals surface area contributed by atoms with E-state index in [0.717, 1.165) is 5.39 Å². The quantitative estimate of drug-likeness (QED) is 0.415. The summed E-state index contributed by atoms with van der Waals surface area (Å²) >= 11 is 5.93. The van der Waals surface area contributed by atoms with E-state index in [1.54, 1.807) is 43.4 Å². The minimum absolute atomic E-state index is 0.189. The van der Waals surface area contributed by atoms with E-state index in [1.165, 1.54) is 18.3 Å². The Morgan fingerprint density at radius 2 is 1.82 bits per heavy atom. The number of carbonyl (C=O) groups excluding carboxylic acids is 2. The van der Waals surface area contributed by atoms with Gasteiger partial charge in [-0.05, 0) is 29.8 Å². The fraction of sp³-hybridized carbons (Fsp3) is 0.348. The lowest BCUT2D eigenvalue weighted by atomic mass is 10.0. The van der Waals surface area contributed by atoms with Crippen LogP contribution in [0.1, 0.15) is 16.1 Å². The second kappa shape index (κ2) is 11.7. The van der Waals surface area contributed by atoms with Crippen molar-refractivity contribution in [2.75, 3.05) is 40.5 Å². The number of aromatic amines is 1. The molecular formula is C23H26ClFN4O4. The summed E-state index contributed by atoms with van der Waals surface area (Å²) in [6, 6.07) is 8.22. The summed E-state index contributed by atoms with van der Waals surface area (Å²) in [7, 11) is 3.10. The second-order valence-corrected chi connectivity index (χ2v) is 7.83. The summed E-state index contributed by atoms with van der Waals surface area (Å²) < 4.78 is 23.6. The van der Waals surface area contributed by atoms with Crippen LogP contribution in [0.5, 0.6) is 0 Å². The zero-order valence-electron chi connectivity index (χ0n) is 18.4. The Hall–Kier alpha value is -3.01. The molecule has 33 heavy (non-hydrogen) atoms. The maximum Gasteiger partial charge on any atom is 0.268 e. The SMILES string of the molecule is COCCN(CCOC)C(=O)[C@H](Cc1ccc(F)cc1)NC(=O)c1cc2cc(Cl)ncc2[nH]1. The molecule has 0 aliphatic rings. The number of benzene rings is 1. The van der Waals surface area contributed by atoms with Gasteiger partial charge in [-0.3, -0.25) is 9.59 Å². The largest absolute Gasteiger partial charge is 0.383 e. The first-order valence-electron chi connectivity index (χ1n) is 10.4. The van der Waals surface area contributed by atoms with Crippen LogP contribution in [0.25, 0.3) is 10.9 Å². The number of hydrogen-bond acceptors (Lipinski definition) is 5. The predicted molar refractivity (Wildman–Crippen MR) is 123 cm³/mol. The van der Waals surface area contributed by atoms with Crippen LogP contribution < -0.4 is 5.32 Å². The highest BCUT2D eigenvalue weighted by Crippen LogP contribution is 2.18. The zero-order valence-corrected chi connectivity index (χ0v) is 19.2. The van der Waals surface area contributed by atoms with Gasteiger partial charge in [0.15, 0.2) is 0 Å². The van der Waals surface area contributed by atoms with Crippen LogP contribution in [0.4, 0.5) is 4.39 Å². The minimum Gasteiger partial charge on any atom is -0.383 e. The normalized spacial score (nSPS) is 12.0. The number of hydrogen-bond donors (Lipinski definition) is 2. The average Bonchev–Trinajstić information content (AvgIpc) is 3.23. The number of fused-ring (bicyclic) bond motifs is 1. The number of carbonyl (C=O) groups is 2. The number of pyridine rings is 1. The fourth-order valence-corrected chi connectivity index (χ4v) is 3.54. The van der Waals surface area contributed by atoms with E-state index in [4.69, 9.17) is 21.1 Å². The first-order valence-corrected chi connectivity index (χ1v) is 10.7. The van der Waals surface area contributed by atoms with Gasteiger partial charge in [-0.25, -0.2) is 9.37 Å². The van der Waals surface area contributed by atoms with Gasteiger partial charge in [0.25, 0.3) is 5.91 Å². The molecule has 0 radical (unpaired) electrons. The lowest BCUT2D eigenvalue weighted by molar-refractivity contribution is -0.134. The third-order valence-electron chi connectivity index (χ3n) is 5.12. The van der Waals surface area contributed by atoms with Gasteiger partial charge in [0.2, 0.25) is 5.91 Å². The number of nitrogens with one attached hydrogen (secondary N) is 2. The van der Waals surface area contributed by atoms with Crippen molar-refractivity contribution < 1.29 is 23.5 Å². The van der Waals surface area contributed by atoms with Gasteiger partial charge in [-0.2, -0.15) is 0 Å². The molecule has 10 heteroatoms. The van der Waals surface area contributed by atoms with E-state index in [9.17, 15) is 14.0 Å². The molecule has 0 aliphatic heterocycles. The summed E-state index contributed by atoms with van der Waals surface area (Å²) in [6.45, 7) is 1.35. The molecule has 1 atom stereocenters. The molecule has 2 heterocycles. The Balaban J connectivity index is 1.84. The Kier molecular flexibility index (Phi) is 8.76. The zero-order chi connectivity index (χ0) is 23.8. The van der Waals surface area contributed by atoms with Gasteiger partial charge in [0.05, 0.1) is 24.9 Å². The molecule has 2 aromatic heterocycles. The molecule has 1 aromatic carbocycles. The molecule has 0 aliphatic carbocycles. The first kappa shape index (κ1) is 24.6. The summed E-state index contributed by atoms with van der Waals surface area (Å²) in [5, 5.41) is 3.85. The number of methoxy groups -OCH3 is 2. The first-order chi connectivity index (χ1) is 15.9. The van der Waals surface area contributed by atoms with Crippen molar-refractivity contribution in [3.05, 3.63) is 64.8 Å². The summed E-state index contributed by atoms with van der Waals surface area (Å²) in [6.07, 6.45) is 1.72. The van der Waals surface area contributed by atoms with Gasteiger partial charge in [-0.1, -0.05) is 23.7 Å². The van der Waals surface area contributed by atoms with Crippen molar-refractivity contribution in [1.29, 1.82) is 0 Å². The molecule has 3 aromatic rings. The molecule has 0 saturated heterocycles. The molecule has 2 N–H and O–H groups in total. The molecule has 176 valence electrons. The van der Waals surface area contributed by atoms with E-state index in [-0.39, 0.29) is 23.8 Å². The van der Waals surface area contributed by atoms with Crippen LogP contribution in [0.15, 0.2) is 42.6 Å². The molecule has 0 fully saturated rings. The smallest absolute Gasteiger partial charge is 0.268 e. The molecule has 0 bridgehead atoms. The van der Waals surface area contributed by atoms with Gasteiger partial charge >= 0.3 is 0 Å². The van der Waals surface area contributed by atoms with E-state index < -0.39 is 11.9 Å². The maximum absolute atomic E-state index is 13.4. The van der Waals surface area contributed by atoms with Gasteiger partial charge < -0.3 is 24.7 Å². The molecule has 0 saturated carbocycles. The van der Waals surface area contributed by atoms with Gasteiger partial charge in [-0.15, -0.1) is 0 Å². The van der Waals surface area contributed by atoms with E-state index in [1.807, 2.05) is 0 Å². The molecule has 8 nitrogen and oxygen atoms in total. The maximum atomic E-state index is 13.4. The van der Waals surface area contributed by atoms with Gasteiger partial charge in [0, 0.05) is 39.1 Å².